The molecule has 0 saturated heterocycles. The average molecular weight is 360 g/mol. The highest BCUT2D eigenvalue weighted by Gasteiger charge is 2.07. The van der Waals surface area contributed by atoms with E-state index in [1.807, 2.05) is 42.5 Å². The Hall–Kier alpha value is -2.82. The van der Waals surface area contributed by atoms with Gasteiger partial charge < -0.3 is 19.8 Å². The van der Waals surface area contributed by atoms with Gasteiger partial charge in [-0.25, -0.2) is 0 Å². The Balaban J connectivity index is 1.32. The number of benzene rings is 2. The van der Waals surface area contributed by atoms with Gasteiger partial charge in [0.25, 0.3) is 0 Å². The minimum Gasteiger partial charge on any atom is -0.460 e. The Kier molecular flexibility index (Phi) is 5.10. The first kappa shape index (κ1) is 17.6. The molecule has 2 aromatic heterocycles. The predicted octanol–water partition coefficient (Wildman–Crippen LogP) is 4.81. The number of aliphatic hydroxyl groups is 1. The quantitative estimate of drug-likeness (QED) is 0.414. The van der Waals surface area contributed by atoms with Crippen LogP contribution in [0.15, 0.2) is 71.3 Å². The van der Waals surface area contributed by atoms with Crippen molar-refractivity contribution in [1.82, 2.24) is 10.3 Å². The standard InChI is InChI=1S/C23H24N2O2/c1-16(26)17-6-8-18(9-7-17)23-11-10-20(27-23)15-24-13-12-19-14-25-22-5-3-2-4-21(19)22/h2-11,14,16,24-26H,12-13,15H2,1H3/t16-/m1/s1. The van der Waals surface area contributed by atoms with Gasteiger partial charge in [-0.15, -0.1) is 0 Å². The van der Waals surface area contributed by atoms with E-state index < -0.39 is 6.10 Å². The molecule has 4 heteroatoms. The maximum atomic E-state index is 9.60. The summed E-state index contributed by atoms with van der Waals surface area (Å²) < 4.78 is 5.95. The number of para-hydroxylation sites is 1. The van der Waals surface area contributed by atoms with Crippen molar-refractivity contribution in [2.75, 3.05) is 6.54 Å². The van der Waals surface area contributed by atoms with E-state index in [0.29, 0.717) is 6.54 Å². The van der Waals surface area contributed by atoms with Crippen LogP contribution in [0.4, 0.5) is 0 Å². The Morgan fingerprint density at radius 3 is 2.67 bits per heavy atom. The first-order valence-electron chi connectivity index (χ1n) is 9.33. The molecule has 4 rings (SSSR count). The summed E-state index contributed by atoms with van der Waals surface area (Å²) in [5.74, 6) is 1.77. The molecule has 0 bridgehead atoms. The van der Waals surface area contributed by atoms with Crippen LogP contribution in [0.3, 0.4) is 0 Å². The van der Waals surface area contributed by atoms with Crippen LogP contribution in [-0.4, -0.2) is 16.6 Å². The minimum atomic E-state index is -0.451. The van der Waals surface area contributed by atoms with Gasteiger partial charge in [0.1, 0.15) is 11.5 Å². The van der Waals surface area contributed by atoms with Gasteiger partial charge in [-0.2, -0.15) is 0 Å². The molecule has 4 aromatic rings. The third-order valence-electron chi connectivity index (χ3n) is 4.88. The second-order valence-electron chi connectivity index (χ2n) is 6.85. The topological polar surface area (TPSA) is 61.2 Å². The van der Waals surface area contributed by atoms with Crippen LogP contribution in [-0.2, 0) is 13.0 Å². The molecule has 0 unspecified atom stereocenters. The number of hydrogen-bond acceptors (Lipinski definition) is 3. The van der Waals surface area contributed by atoms with E-state index >= 15 is 0 Å². The summed E-state index contributed by atoms with van der Waals surface area (Å²) in [7, 11) is 0. The highest BCUT2D eigenvalue weighted by Crippen LogP contribution is 2.24. The number of nitrogens with one attached hydrogen (secondary N) is 2. The van der Waals surface area contributed by atoms with E-state index in [2.05, 4.69) is 34.7 Å². The van der Waals surface area contributed by atoms with Gasteiger partial charge in [-0.3, -0.25) is 0 Å². The second-order valence-corrected chi connectivity index (χ2v) is 6.85. The molecular formula is C23H24N2O2. The van der Waals surface area contributed by atoms with Crippen molar-refractivity contribution in [2.24, 2.45) is 0 Å². The maximum absolute atomic E-state index is 9.60. The zero-order valence-electron chi connectivity index (χ0n) is 15.4. The molecule has 0 radical (unpaired) electrons. The van der Waals surface area contributed by atoms with Crippen molar-refractivity contribution < 1.29 is 9.52 Å². The Morgan fingerprint density at radius 2 is 1.85 bits per heavy atom. The monoisotopic (exact) mass is 360 g/mol. The second kappa shape index (κ2) is 7.82. The van der Waals surface area contributed by atoms with Gasteiger partial charge >= 0.3 is 0 Å². The molecule has 4 nitrogen and oxygen atoms in total. The first-order chi connectivity index (χ1) is 13.2. The molecule has 0 aliphatic heterocycles. The molecular weight excluding hydrogens is 336 g/mol. The van der Waals surface area contributed by atoms with Crippen LogP contribution in [0.5, 0.6) is 0 Å². The molecule has 0 spiro atoms. The SMILES string of the molecule is C[C@@H](O)c1ccc(-c2ccc(CNCCc3c[nH]c4ccccc34)o2)cc1. The molecule has 3 N–H and O–H groups in total. The number of rotatable bonds is 7. The molecule has 138 valence electrons. The van der Waals surface area contributed by atoms with Gasteiger partial charge in [-0.1, -0.05) is 42.5 Å². The van der Waals surface area contributed by atoms with Gasteiger partial charge in [0.15, 0.2) is 0 Å². The van der Waals surface area contributed by atoms with E-state index in [0.717, 1.165) is 35.6 Å². The fraction of sp³-hybridized carbons (Fsp3) is 0.217. The van der Waals surface area contributed by atoms with Crippen molar-refractivity contribution in [1.29, 1.82) is 0 Å². The first-order valence-corrected chi connectivity index (χ1v) is 9.33. The lowest BCUT2D eigenvalue weighted by Gasteiger charge is -2.05. The number of aliphatic hydroxyl groups excluding tert-OH is 1. The normalized spacial score (nSPS) is 12.5. The summed E-state index contributed by atoms with van der Waals surface area (Å²) in [6, 6.07) is 20.2. The molecule has 0 amide bonds. The molecule has 27 heavy (non-hydrogen) atoms. The number of furan rings is 1. The fourth-order valence-electron chi connectivity index (χ4n) is 3.33. The van der Waals surface area contributed by atoms with E-state index in [4.69, 9.17) is 4.42 Å². The third kappa shape index (κ3) is 3.97. The van der Waals surface area contributed by atoms with Gasteiger partial charge in [0, 0.05) is 22.7 Å². The highest BCUT2D eigenvalue weighted by molar-refractivity contribution is 5.83. The number of H-pyrrole nitrogens is 1. The minimum absolute atomic E-state index is 0.451. The van der Waals surface area contributed by atoms with Crippen LogP contribution in [0, 0.1) is 0 Å². The molecule has 0 aliphatic carbocycles. The molecule has 0 aliphatic rings. The average Bonchev–Trinajstić information content (AvgIpc) is 3.33. The van der Waals surface area contributed by atoms with Crippen LogP contribution in [0.1, 0.15) is 29.9 Å². The number of aromatic nitrogens is 1. The van der Waals surface area contributed by atoms with Crippen LogP contribution >= 0.6 is 0 Å². The Morgan fingerprint density at radius 1 is 1.04 bits per heavy atom. The molecule has 0 fully saturated rings. The highest BCUT2D eigenvalue weighted by atomic mass is 16.3. The van der Waals surface area contributed by atoms with Crippen molar-refractivity contribution in [3.63, 3.8) is 0 Å². The zero-order valence-corrected chi connectivity index (χ0v) is 15.4. The maximum Gasteiger partial charge on any atom is 0.134 e. The van der Waals surface area contributed by atoms with Crippen LogP contribution in [0.2, 0.25) is 0 Å². The lowest BCUT2D eigenvalue weighted by atomic mass is 10.1. The molecule has 1 atom stereocenters. The largest absolute Gasteiger partial charge is 0.460 e. The number of hydrogen-bond donors (Lipinski definition) is 3. The third-order valence-corrected chi connectivity index (χ3v) is 4.88. The summed E-state index contributed by atoms with van der Waals surface area (Å²) in [6.45, 7) is 3.36. The van der Waals surface area contributed by atoms with E-state index in [1.54, 1.807) is 6.92 Å². The zero-order chi connectivity index (χ0) is 18.6. The van der Waals surface area contributed by atoms with Gasteiger partial charge in [0.2, 0.25) is 0 Å². The van der Waals surface area contributed by atoms with E-state index in [1.165, 1.54) is 16.5 Å². The van der Waals surface area contributed by atoms with Crippen LogP contribution in [0.25, 0.3) is 22.2 Å². The van der Waals surface area contributed by atoms with E-state index in [-0.39, 0.29) is 0 Å². The number of fused-ring (bicyclic) bond motifs is 1. The van der Waals surface area contributed by atoms with Gasteiger partial charge in [0.05, 0.1) is 12.6 Å². The Bertz CT molecular complexity index is 1010. The summed E-state index contributed by atoms with van der Waals surface area (Å²) in [5.41, 5.74) is 4.44. The molecule has 0 saturated carbocycles. The fourth-order valence-corrected chi connectivity index (χ4v) is 3.33. The van der Waals surface area contributed by atoms with Crippen LogP contribution < -0.4 is 5.32 Å². The van der Waals surface area contributed by atoms with Crippen molar-refractivity contribution >= 4 is 10.9 Å². The predicted molar refractivity (Wildman–Crippen MR) is 108 cm³/mol. The smallest absolute Gasteiger partial charge is 0.134 e. The van der Waals surface area contributed by atoms with Crippen molar-refractivity contribution in [3.8, 4) is 11.3 Å². The summed E-state index contributed by atoms with van der Waals surface area (Å²) in [4.78, 5) is 3.32. The lowest BCUT2D eigenvalue weighted by molar-refractivity contribution is 0.199. The van der Waals surface area contributed by atoms with Crippen molar-refractivity contribution in [3.05, 3.63) is 83.7 Å². The number of aromatic amines is 1. The molecule has 2 heterocycles. The lowest BCUT2D eigenvalue weighted by Crippen LogP contribution is -2.16. The van der Waals surface area contributed by atoms with Crippen molar-refractivity contribution in [2.45, 2.75) is 26.0 Å². The van der Waals surface area contributed by atoms with Gasteiger partial charge in [-0.05, 0) is 49.2 Å². The summed E-state index contributed by atoms with van der Waals surface area (Å²) in [5, 5.41) is 14.3. The molecule has 2 aromatic carbocycles. The Labute approximate surface area is 158 Å². The summed E-state index contributed by atoms with van der Waals surface area (Å²) >= 11 is 0. The summed E-state index contributed by atoms with van der Waals surface area (Å²) in [6.07, 6.45) is 2.61. The van der Waals surface area contributed by atoms with E-state index in [9.17, 15) is 5.11 Å².